The summed E-state index contributed by atoms with van der Waals surface area (Å²) in [4.78, 5) is 0. The van der Waals surface area contributed by atoms with Gasteiger partial charge in [-0.2, -0.15) is 0 Å². The highest BCUT2D eigenvalue weighted by molar-refractivity contribution is 5.41. The Kier molecular flexibility index (Phi) is 5.19. The minimum Gasteiger partial charge on any atom is -0.488 e. The molecule has 2 N–H and O–H groups in total. The van der Waals surface area contributed by atoms with Gasteiger partial charge in [-0.05, 0) is 36.5 Å². The van der Waals surface area contributed by atoms with Crippen LogP contribution in [0.5, 0.6) is 5.75 Å². The summed E-state index contributed by atoms with van der Waals surface area (Å²) in [5.41, 5.74) is 9.63. The average Bonchev–Trinajstić information content (AvgIpc) is 2.47. The second-order valence-electron chi connectivity index (χ2n) is 5.21. The van der Waals surface area contributed by atoms with Gasteiger partial charge < -0.3 is 10.5 Å². The Morgan fingerprint density at radius 3 is 2.50 bits per heavy atom. The van der Waals surface area contributed by atoms with Crippen LogP contribution in [0, 0.1) is 6.92 Å². The highest BCUT2D eigenvalue weighted by atomic mass is 16.5. The molecule has 2 aromatic carbocycles. The third-order valence-corrected chi connectivity index (χ3v) is 3.53. The van der Waals surface area contributed by atoms with Crippen LogP contribution in [0.15, 0.2) is 48.5 Å². The van der Waals surface area contributed by atoms with Crippen molar-refractivity contribution in [1.82, 2.24) is 0 Å². The molecule has 2 aromatic rings. The predicted molar refractivity (Wildman–Crippen MR) is 83.9 cm³/mol. The molecule has 0 aliphatic heterocycles. The Labute approximate surface area is 121 Å². The monoisotopic (exact) mass is 269 g/mol. The molecule has 0 amide bonds. The summed E-state index contributed by atoms with van der Waals surface area (Å²) in [7, 11) is 0. The van der Waals surface area contributed by atoms with Gasteiger partial charge in [0.15, 0.2) is 0 Å². The number of rotatable bonds is 6. The largest absolute Gasteiger partial charge is 0.488 e. The van der Waals surface area contributed by atoms with E-state index in [1.165, 1.54) is 16.7 Å². The molecule has 0 spiro atoms. The van der Waals surface area contributed by atoms with Crippen LogP contribution in [0.3, 0.4) is 0 Å². The molecule has 0 saturated carbocycles. The van der Waals surface area contributed by atoms with E-state index in [9.17, 15) is 0 Å². The van der Waals surface area contributed by atoms with Gasteiger partial charge in [-0.3, -0.25) is 0 Å². The third-order valence-electron chi connectivity index (χ3n) is 3.53. The van der Waals surface area contributed by atoms with Crippen molar-refractivity contribution >= 4 is 0 Å². The Bertz CT molecular complexity index is 536. The minimum absolute atomic E-state index is 0.191. The van der Waals surface area contributed by atoms with Gasteiger partial charge in [0, 0.05) is 6.04 Å². The molecule has 1 atom stereocenters. The van der Waals surface area contributed by atoms with E-state index in [4.69, 9.17) is 10.5 Å². The standard InChI is InChI=1S/C18H23NO/c1-3-17(19)12-16-11-7-8-14(2)18(16)20-13-15-9-5-4-6-10-15/h4-11,17H,3,12-13,19H2,1-2H3. The maximum Gasteiger partial charge on any atom is 0.125 e. The zero-order valence-electron chi connectivity index (χ0n) is 12.3. The van der Waals surface area contributed by atoms with Crippen LogP contribution in [-0.4, -0.2) is 6.04 Å². The Morgan fingerprint density at radius 2 is 1.80 bits per heavy atom. The van der Waals surface area contributed by atoms with Gasteiger partial charge in [-0.1, -0.05) is 55.5 Å². The van der Waals surface area contributed by atoms with Crippen molar-refractivity contribution in [2.75, 3.05) is 0 Å². The molecular formula is C18H23NO. The van der Waals surface area contributed by atoms with Crippen molar-refractivity contribution in [3.8, 4) is 5.75 Å². The van der Waals surface area contributed by atoms with E-state index in [1.54, 1.807) is 0 Å². The molecule has 0 aliphatic carbocycles. The maximum atomic E-state index is 6.08. The van der Waals surface area contributed by atoms with Crippen LogP contribution >= 0.6 is 0 Å². The van der Waals surface area contributed by atoms with Crippen LogP contribution in [0.1, 0.15) is 30.0 Å². The smallest absolute Gasteiger partial charge is 0.125 e. The van der Waals surface area contributed by atoms with Crippen molar-refractivity contribution in [3.63, 3.8) is 0 Å². The van der Waals surface area contributed by atoms with E-state index in [-0.39, 0.29) is 6.04 Å². The van der Waals surface area contributed by atoms with Gasteiger partial charge in [-0.25, -0.2) is 0 Å². The second kappa shape index (κ2) is 7.11. The molecule has 0 aromatic heterocycles. The first-order valence-corrected chi connectivity index (χ1v) is 7.21. The minimum atomic E-state index is 0.191. The molecule has 2 rings (SSSR count). The zero-order chi connectivity index (χ0) is 14.4. The van der Waals surface area contributed by atoms with Gasteiger partial charge in [0.1, 0.15) is 12.4 Å². The van der Waals surface area contributed by atoms with E-state index in [1.807, 2.05) is 18.2 Å². The summed E-state index contributed by atoms with van der Waals surface area (Å²) < 4.78 is 6.04. The van der Waals surface area contributed by atoms with Crippen LogP contribution in [0.2, 0.25) is 0 Å². The summed E-state index contributed by atoms with van der Waals surface area (Å²) >= 11 is 0. The van der Waals surface area contributed by atoms with Gasteiger partial charge in [0.25, 0.3) is 0 Å². The van der Waals surface area contributed by atoms with Gasteiger partial charge in [0.2, 0.25) is 0 Å². The molecule has 2 heteroatoms. The van der Waals surface area contributed by atoms with Crippen molar-refractivity contribution in [2.24, 2.45) is 5.73 Å². The molecule has 20 heavy (non-hydrogen) atoms. The SMILES string of the molecule is CCC(N)Cc1cccc(C)c1OCc1ccccc1. The van der Waals surface area contributed by atoms with Crippen LogP contribution in [0.4, 0.5) is 0 Å². The number of nitrogens with two attached hydrogens (primary N) is 1. The van der Waals surface area contributed by atoms with Crippen LogP contribution in [0.25, 0.3) is 0 Å². The number of para-hydroxylation sites is 1. The summed E-state index contributed by atoms with van der Waals surface area (Å²) in [6, 6.07) is 16.7. The predicted octanol–water partition coefficient (Wildman–Crippen LogP) is 3.85. The Balaban J connectivity index is 2.13. The summed E-state index contributed by atoms with van der Waals surface area (Å²) in [6.45, 7) is 4.80. The van der Waals surface area contributed by atoms with E-state index in [0.29, 0.717) is 6.61 Å². The first kappa shape index (κ1) is 14.6. The summed E-state index contributed by atoms with van der Waals surface area (Å²) in [5.74, 6) is 0.986. The molecule has 0 radical (unpaired) electrons. The molecule has 2 nitrogen and oxygen atoms in total. The lowest BCUT2D eigenvalue weighted by Crippen LogP contribution is -2.21. The van der Waals surface area contributed by atoms with Gasteiger partial charge in [0.05, 0.1) is 0 Å². The lowest BCUT2D eigenvalue weighted by molar-refractivity contribution is 0.300. The van der Waals surface area contributed by atoms with Crippen molar-refractivity contribution < 1.29 is 4.74 Å². The molecule has 0 fully saturated rings. The Morgan fingerprint density at radius 1 is 1.05 bits per heavy atom. The highest BCUT2D eigenvalue weighted by Gasteiger charge is 2.10. The fourth-order valence-electron chi connectivity index (χ4n) is 2.24. The van der Waals surface area contributed by atoms with Crippen molar-refractivity contribution in [2.45, 2.75) is 39.3 Å². The first-order chi connectivity index (χ1) is 9.70. The fraction of sp³-hybridized carbons (Fsp3) is 0.333. The summed E-state index contributed by atoms with van der Waals surface area (Å²) in [5, 5.41) is 0. The quantitative estimate of drug-likeness (QED) is 0.864. The maximum absolute atomic E-state index is 6.08. The lowest BCUT2D eigenvalue weighted by atomic mass is 10.0. The zero-order valence-corrected chi connectivity index (χ0v) is 12.3. The van der Waals surface area contributed by atoms with Crippen molar-refractivity contribution in [1.29, 1.82) is 0 Å². The van der Waals surface area contributed by atoms with Crippen LogP contribution < -0.4 is 10.5 Å². The molecule has 0 saturated heterocycles. The Hall–Kier alpha value is -1.80. The third kappa shape index (κ3) is 3.84. The molecule has 0 bridgehead atoms. The number of ether oxygens (including phenoxy) is 1. The lowest BCUT2D eigenvalue weighted by Gasteiger charge is -2.16. The average molecular weight is 269 g/mol. The number of benzene rings is 2. The molecule has 0 aliphatic rings. The van der Waals surface area contributed by atoms with E-state index < -0.39 is 0 Å². The normalized spacial score (nSPS) is 12.2. The highest BCUT2D eigenvalue weighted by Crippen LogP contribution is 2.25. The van der Waals surface area contributed by atoms with Gasteiger partial charge in [-0.15, -0.1) is 0 Å². The first-order valence-electron chi connectivity index (χ1n) is 7.21. The number of hydrogen-bond acceptors (Lipinski definition) is 2. The topological polar surface area (TPSA) is 35.2 Å². The molecule has 106 valence electrons. The number of hydrogen-bond donors (Lipinski definition) is 1. The second-order valence-corrected chi connectivity index (χ2v) is 5.21. The van der Waals surface area contributed by atoms with Gasteiger partial charge >= 0.3 is 0 Å². The van der Waals surface area contributed by atoms with E-state index >= 15 is 0 Å². The van der Waals surface area contributed by atoms with Crippen molar-refractivity contribution in [3.05, 3.63) is 65.2 Å². The molecular weight excluding hydrogens is 246 g/mol. The van der Waals surface area contributed by atoms with E-state index in [2.05, 4.69) is 44.2 Å². The molecule has 1 unspecified atom stereocenters. The fourth-order valence-corrected chi connectivity index (χ4v) is 2.24. The molecule has 0 heterocycles. The van der Waals surface area contributed by atoms with E-state index in [0.717, 1.165) is 18.6 Å². The number of aryl methyl sites for hydroxylation is 1. The summed E-state index contributed by atoms with van der Waals surface area (Å²) in [6.07, 6.45) is 1.84. The van der Waals surface area contributed by atoms with Crippen LogP contribution in [-0.2, 0) is 13.0 Å².